The fourth-order valence-electron chi connectivity index (χ4n) is 3.72. The van der Waals surface area contributed by atoms with E-state index in [0.717, 1.165) is 22.8 Å². The molecule has 100 valence electrons. The van der Waals surface area contributed by atoms with Gasteiger partial charge in [0.1, 0.15) is 4.75 Å². The molecule has 2 aliphatic rings. The van der Waals surface area contributed by atoms with E-state index in [4.69, 9.17) is 11.6 Å². The Kier molecular flexibility index (Phi) is 3.53. The van der Waals surface area contributed by atoms with Crippen LogP contribution in [0.3, 0.4) is 0 Å². The van der Waals surface area contributed by atoms with E-state index in [-0.39, 0.29) is 4.75 Å². The number of rotatable bonds is 2. The Balaban J connectivity index is 1.69. The van der Waals surface area contributed by atoms with Crippen molar-refractivity contribution in [1.82, 2.24) is 0 Å². The molecular formula is C16H18ClNS. The molecular weight excluding hydrogens is 274 g/mol. The van der Waals surface area contributed by atoms with Crippen LogP contribution in [0.1, 0.15) is 44.9 Å². The van der Waals surface area contributed by atoms with E-state index in [0.29, 0.717) is 5.41 Å². The van der Waals surface area contributed by atoms with E-state index < -0.39 is 0 Å². The minimum atomic E-state index is -0.189. The van der Waals surface area contributed by atoms with Crippen molar-refractivity contribution >= 4 is 23.4 Å². The molecule has 1 aromatic rings. The van der Waals surface area contributed by atoms with Crippen LogP contribution in [0.5, 0.6) is 0 Å². The van der Waals surface area contributed by atoms with Crippen LogP contribution in [0, 0.1) is 16.7 Å². The number of nitrogens with zero attached hydrogens (tertiary/aromatic N) is 1. The molecule has 0 heterocycles. The van der Waals surface area contributed by atoms with Crippen molar-refractivity contribution in [1.29, 1.82) is 5.26 Å². The van der Waals surface area contributed by atoms with Crippen molar-refractivity contribution in [2.24, 2.45) is 5.41 Å². The van der Waals surface area contributed by atoms with Gasteiger partial charge < -0.3 is 0 Å². The summed E-state index contributed by atoms with van der Waals surface area (Å²) in [5, 5.41) is 10.3. The molecule has 1 spiro atoms. The van der Waals surface area contributed by atoms with Gasteiger partial charge >= 0.3 is 0 Å². The molecule has 0 radical (unpaired) electrons. The summed E-state index contributed by atoms with van der Waals surface area (Å²) in [5.41, 5.74) is 0.493. The lowest BCUT2D eigenvalue weighted by molar-refractivity contribution is 0.0593. The first-order valence-electron chi connectivity index (χ1n) is 7.01. The highest BCUT2D eigenvalue weighted by Gasteiger charge is 2.55. The van der Waals surface area contributed by atoms with Gasteiger partial charge in [0.05, 0.1) is 6.07 Å². The Labute approximate surface area is 124 Å². The second-order valence-electron chi connectivity index (χ2n) is 6.08. The fourth-order valence-corrected chi connectivity index (χ4v) is 5.37. The van der Waals surface area contributed by atoms with Gasteiger partial charge in [-0.2, -0.15) is 5.26 Å². The van der Waals surface area contributed by atoms with Crippen LogP contribution in [0.2, 0.25) is 5.02 Å². The van der Waals surface area contributed by atoms with Crippen LogP contribution in [0.4, 0.5) is 0 Å². The van der Waals surface area contributed by atoms with Gasteiger partial charge in [-0.25, -0.2) is 0 Å². The van der Waals surface area contributed by atoms with Crippen LogP contribution in [0.25, 0.3) is 0 Å². The summed E-state index contributed by atoms with van der Waals surface area (Å²) in [6.45, 7) is 0. The number of nitriles is 1. The smallest absolute Gasteiger partial charge is 0.108 e. The summed E-state index contributed by atoms with van der Waals surface area (Å²) in [6.07, 6.45) is 8.90. The second kappa shape index (κ2) is 5.04. The molecule has 2 aliphatic carbocycles. The summed E-state index contributed by atoms with van der Waals surface area (Å²) in [7, 11) is 0. The second-order valence-corrected chi connectivity index (χ2v) is 7.97. The zero-order chi connectivity index (χ0) is 13.3. The Hall–Kier alpha value is -0.650. The first kappa shape index (κ1) is 13.3. The summed E-state index contributed by atoms with van der Waals surface area (Å²) in [6, 6.07) is 10.4. The van der Waals surface area contributed by atoms with Gasteiger partial charge in [-0.05, 0) is 55.4 Å². The minimum absolute atomic E-state index is 0.189. The number of benzene rings is 1. The molecule has 0 bridgehead atoms. The predicted molar refractivity (Wildman–Crippen MR) is 80.4 cm³/mol. The van der Waals surface area contributed by atoms with Crippen molar-refractivity contribution in [3.63, 3.8) is 0 Å². The Morgan fingerprint density at radius 3 is 2.26 bits per heavy atom. The maximum absolute atomic E-state index is 9.57. The first-order valence-corrected chi connectivity index (χ1v) is 8.21. The van der Waals surface area contributed by atoms with Crippen LogP contribution >= 0.6 is 23.4 Å². The standard InChI is InChI=1S/C16H18ClNS/c17-13-4-6-14(7-5-13)19-16(12-18)10-15(11-16)8-2-1-3-9-15/h4-7H,1-3,8-11H2. The number of halogens is 1. The Bertz CT molecular complexity index is 488. The lowest BCUT2D eigenvalue weighted by atomic mass is 9.56. The zero-order valence-corrected chi connectivity index (χ0v) is 12.6. The maximum Gasteiger partial charge on any atom is 0.108 e. The van der Waals surface area contributed by atoms with Gasteiger partial charge in [0, 0.05) is 9.92 Å². The van der Waals surface area contributed by atoms with Gasteiger partial charge in [0.2, 0.25) is 0 Å². The summed E-state index contributed by atoms with van der Waals surface area (Å²) >= 11 is 7.64. The third kappa shape index (κ3) is 2.64. The van der Waals surface area contributed by atoms with Crippen molar-refractivity contribution in [2.45, 2.75) is 54.6 Å². The van der Waals surface area contributed by atoms with Crippen molar-refractivity contribution < 1.29 is 0 Å². The summed E-state index contributed by atoms with van der Waals surface area (Å²) in [4.78, 5) is 1.16. The highest BCUT2D eigenvalue weighted by atomic mass is 35.5. The highest BCUT2D eigenvalue weighted by molar-refractivity contribution is 8.01. The number of hydrogen-bond donors (Lipinski definition) is 0. The van der Waals surface area contributed by atoms with Gasteiger partial charge in [0.15, 0.2) is 0 Å². The van der Waals surface area contributed by atoms with Crippen molar-refractivity contribution in [3.8, 4) is 6.07 Å². The SMILES string of the molecule is N#CC1(Sc2ccc(Cl)cc2)CC2(CCCCC2)C1. The molecule has 0 atom stereocenters. The lowest BCUT2D eigenvalue weighted by Gasteiger charge is -2.54. The highest BCUT2D eigenvalue weighted by Crippen LogP contribution is 2.62. The molecule has 0 N–H and O–H groups in total. The predicted octanol–water partition coefficient (Wildman–Crippen LogP) is 5.44. The Morgan fingerprint density at radius 1 is 1.05 bits per heavy atom. The van der Waals surface area contributed by atoms with Gasteiger partial charge in [-0.15, -0.1) is 11.8 Å². The van der Waals surface area contributed by atoms with Crippen molar-refractivity contribution in [2.75, 3.05) is 0 Å². The molecule has 0 aromatic heterocycles. The molecule has 1 aromatic carbocycles. The molecule has 2 saturated carbocycles. The third-order valence-electron chi connectivity index (χ3n) is 4.57. The molecule has 0 amide bonds. The van der Waals surface area contributed by atoms with Gasteiger partial charge in [0.25, 0.3) is 0 Å². The van der Waals surface area contributed by atoms with Crippen LogP contribution in [0.15, 0.2) is 29.2 Å². The zero-order valence-electron chi connectivity index (χ0n) is 11.0. The van der Waals surface area contributed by atoms with Crippen LogP contribution in [-0.4, -0.2) is 4.75 Å². The number of thioether (sulfide) groups is 1. The van der Waals surface area contributed by atoms with Gasteiger partial charge in [-0.3, -0.25) is 0 Å². The van der Waals surface area contributed by atoms with E-state index >= 15 is 0 Å². The number of hydrogen-bond acceptors (Lipinski definition) is 2. The topological polar surface area (TPSA) is 23.8 Å². The van der Waals surface area contributed by atoms with E-state index in [1.165, 1.54) is 32.1 Å². The average Bonchev–Trinajstić information content (AvgIpc) is 2.40. The fraction of sp³-hybridized carbons (Fsp3) is 0.562. The molecule has 3 rings (SSSR count). The summed E-state index contributed by atoms with van der Waals surface area (Å²) in [5.74, 6) is 0. The van der Waals surface area contributed by atoms with E-state index in [1.54, 1.807) is 11.8 Å². The molecule has 3 heteroatoms. The molecule has 0 unspecified atom stereocenters. The summed E-state index contributed by atoms with van der Waals surface area (Å²) < 4.78 is -0.189. The van der Waals surface area contributed by atoms with Gasteiger partial charge in [-0.1, -0.05) is 30.9 Å². The van der Waals surface area contributed by atoms with E-state index in [2.05, 4.69) is 6.07 Å². The van der Waals surface area contributed by atoms with Crippen molar-refractivity contribution in [3.05, 3.63) is 29.3 Å². The molecule has 0 aliphatic heterocycles. The van der Waals surface area contributed by atoms with E-state index in [1.807, 2.05) is 24.3 Å². The quantitative estimate of drug-likeness (QED) is 0.724. The minimum Gasteiger partial charge on any atom is -0.197 e. The largest absolute Gasteiger partial charge is 0.197 e. The third-order valence-corrected chi connectivity index (χ3v) is 6.10. The molecule has 0 saturated heterocycles. The Morgan fingerprint density at radius 2 is 1.68 bits per heavy atom. The lowest BCUT2D eigenvalue weighted by Crippen LogP contribution is -2.49. The molecule has 1 nitrogen and oxygen atoms in total. The van der Waals surface area contributed by atoms with Crippen LogP contribution < -0.4 is 0 Å². The molecule has 2 fully saturated rings. The van der Waals surface area contributed by atoms with Crippen LogP contribution in [-0.2, 0) is 0 Å². The first-order chi connectivity index (χ1) is 9.15. The normalized spacial score (nSPS) is 23.6. The average molecular weight is 292 g/mol. The van der Waals surface area contributed by atoms with E-state index in [9.17, 15) is 5.26 Å². The molecule has 19 heavy (non-hydrogen) atoms. The monoisotopic (exact) mass is 291 g/mol. The maximum atomic E-state index is 9.57.